The third kappa shape index (κ3) is 17.7. The van der Waals surface area contributed by atoms with E-state index in [0.717, 1.165) is 0 Å². The number of carbonyl (C=O) groups excluding carboxylic acids is 2. The number of alkyl halides is 3. The van der Waals surface area contributed by atoms with Gasteiger partial charge in [-0.1, -0.05) is 14.9 Å². The van der Waals surface area contributed by atoms with Crippen molar-refractivity contribution in [2.75, 3.05) is 45.2 Å². The van der Waals surface area contributed by atoms with E-state index < -0.39 is 38.1 Å². The highest BCUT2D eigenvalue weighted by Crippen LogP contribution is 2.23. The first-order valence-corrected chi connectivity index (χ1v) is 13.7. The fourth-order valence-electron chi connectivity index (χ4n) is 2.63. The summed E-state index contributed by atoms with van der Waals surface area (Å²) in [5.74, 6) is 0.460. The van der Waals surface area contributed by atoms with Gasteiger partial charge in [-0.25, -0.2) is 25.4 Å². The van der Waals surface area contributed by atoms with Crippen LogP contribution in [-0.4, -0.2) is 94.7 Å². The number of esters is 1. The third-order valence-electron chi connectivity index (χ3n) is 4.43. The number of nitrogens with two attached hydrogens (primary N) is 1. The van der Waals surface area contributed by atoms with Gasteiger partial charge in [0.25, 0.3) is 0 Å². The van der Waals surface area contributed by atoms with Crippen LogP contribution in [0.4, 0.5) is 13.2 Å². The lowest BCUT2D eigenvalue weighted by Gasteiger charge is -2.37. The lowest BCUT2D eigenvalue weighted by atomic mass is 9.97. The molecule has 212 valence electrons. The van der Waals surface area contributed by atoms with Gasteiger partial charge in [0.1, 0.15) is 5.60 Å². The van der Waals surface area contributed by atoms with Gasteiger partial charge < -0.3 is 10.5 Å². The minimum Gasteiger partial charge on any atom is -0.460 e. The van der Waals surface area contributed by atoms with Crippen LogP contribution in [0.25, 0.3) is 0 Å². The highest BCUT2D eigenvalue weighted by molar-refractivity contribution is 7.88. The Morgan fingerprint density at radius 1 is 0.943 bits per heavy atom. The van der Waals surface area contributed by atoms with Gasteiger partial charge in [-0.2, -0.15) is 13.2 Å². The maximum absolute atomic E-state index is 11.4. The first-order valence-electron chi connectivity index (χ1n) is 10.0. The van der Waals surface area contributed by atoms with Gasteiger partial charge in [-0.05, 0) is 45.6 Å². The van der Waals surface area contributed by atoms with Crippen LogP contribution in [0.5, 0.6) is 0 Å². The minimum absolute atomic E-state index is 0. The molecule has 0 aromatic carbocycles. The molecule has 2 heterocycles. The Morgan fingerprint density at radius 3 is 1.54 bits per heavy atom. The standard InChI is InChI=1S/C11H21NO4S.C5H12N2O2S.C2HF3O.2CH4/c1-11(2,3)16-10(13)6-5-9-7-12(8-9)17(4,14)15;1-10(8,9)7-3-5(2-6)4-7;3-2(4,5)1-6;;/h9H,5-8H2,1-4H3;5H,2-4,6H2,1H3;1H;2*1H4. The van der Waals surface area contributed by atoms with E-state index in [9.17, 15) is 34.8 Å². The molecule has 0 saturated carbocycles. The monoisotopic (exact) mass is 557 g/mol. The van der Waals surface area contributed by atoms with Crippen molar-refractivity contribution in [1.82, 2.24) is 8.61 Å². The van der Waals surface area contributed by atoms with Crippen LogP contribution in [0.15, 0.2) is 0 Å². The number of halogens is 3. The first kappa shape index (κ1) is 38.2. The molecule has 0 aromatic rings. The van der Waals surface area contributed by atoms with E-state index in [-0.39, 0.29) is 26.7 Å². The van der Waals surface area contributed by atoms with Gasteiger partial charge in [0.05, 0.1) is 12.5 Å². The Labute approximate surface area is 208 Å². The van der Waals surface area contributed by atoms with Gasteiger partial charge >= 0.3 is 12.1 Å². The highest BCUT2D eigenvalue weighted by atomic mass is 32.2. The van der Waals surface area contributed by atoms with Gasteiger partial charge in [0.2, 0.25) is 26.3 Å². The topological polar surface area (TPSA) is 144 Å². The molecule has 15 heteroatoms. The third-order valence-corrected chi connectivity index (χ3v) is 6.90. The van der Waals surface area contributed by atoms with Crippen LogP contribution in [0.2, 0.25) is 0 Å². The molecule has 2 aliphatic heterocycles. The van der Waals surface area contributed by atoms with Crippen molar-refractivity contribution in [1.29, 1.82) is 0 Å². The maximum atomic E-state index is 11.4. The quantitative estimate of drug-likeness (QED) is 0.385. The molecule has 0 aliphatic carbocycles. The largest absolute Gasteiger partial charge is 0.460 e. The number of sulfonamides is 2. The molecule has 0 aromatic heterocycles. The zero-order valence-corrected chi connectivity index (χ0v) is 21.1. The van der Waals surface area contributed by atoms with E-state index in [0.29, 0.717) is 51.5 Å². The second-order valence-electron chi connectivity index (χ2n) is 8.91. The van der Waals surface area contributed by atoms with Crippen LogP contribution in [0.3, 0.4) is 0 Å². The predicted molar refractivity (Wildman–Crippen MR) is 130 cm³/mol. The van der Waals surface area contributed by atoms with Crippen LogP contribution >= 0.6 is 0 Å². The summed E-state index contributed by atoms with van der Waals surface area (Å²) >= 11 is 0. The Hall–Kier alpha value is -1.29. The van der Waals surface area contributed by atoms with Gasteiger partial charge in [0, 0.05) is 32.6 Å². The number of hydrogen-bond acceptors (Lipinski definition) is 8. The summed E-state index contributed by atoms with van der Waals surface area (Å²) in [5.41, 5.74) is 4.87. The molecular formula is C20H42F3N3O7S2. The lowest BCUT2D eigenvalue weighted by Crippen LogP contribution is -2.51. The average Bonchev–Trinajstić information content (AvgIpc) is 2.48. The van der Waals surface area contributed by atoms with E-state index in [4.69, 9.17) is 15.3 Å². The van der Waals surface area contributed by atoms with E-state index in [1.807, 2.05) is 20.8 Å². The Bertz CT molecular complexity index is 846. The fraction of sp³-hybridized carbons (Fsp3) is 0.900. The van der Waals surface area contributed by atoms with E-state index in [1.54, 1.807) is 0 Å². The van der Waals surface area contributed by atoms with Crippen molar-refractivity contribution < 1.29 is 44.3 Å². The van der Waals surface area contributed by atoms with Crippen molar-refractivity contribution >= 4 is 32.3 Å². The molecule has 35 heavy (non-hydrogen) atoms. The van der Waals surface area contributed by atoms with Gasteiger partial charge in [0.15, 0.2) is 0 Å². The maximum Gasteiger partial charge on any atom is 0.446 e. The van der Waals surface area contributed by atoms with Crippen molar-refractivity contribution in [2.24, 2.45) is 17.6 Å². The average molecular weight is 558 g/mol. The van der Waals surface area contributed by atoms with Crippen molar-refractivity contribution in [3.05, 3.63) is 0 Å². The second-order valence-corrected chi connectivity index (χ2v) is 12.9. The molecule has 2 aliphatic rings. The number of aldehydes is 1. The van der Waals surface area contributed by atoms with Crippen molar-refractivity contribution in [3.8, 4) is 0 Å². The van der Waals surface area contributed by atoms with Crippen LogP contribution < -0.4 is 5.73 Å². The molecule has 2 fully saturated rings. The molecule has 0 radical (unpaired) electrons. The summed E-state index contributed by atoms with van der Waals surface area (Å²) in [6.07, 6.45) is -2.22. The zero-order chi connectivity index (χ0) is 26.3. The smallest absolute Gasteiger partial charge is 0.446 e. The molecular weight excluding hydrogens is 515 g/mol. The zero-order valence-electron chi connectivity index (χ0n) is 19.5. The molecule has 2 rings (SSSR count). The van der Waals surface area contributed by atoms with E-state index in [2.05, 4.69) is 0 Å². The van der Waals surface area contributed by atoms with Crippen molar-refractivity contribution in [2.45, 2.75) is 60.2 Å². The van der Waals surface area contributed by atoms with Crippen LogP contribution in [-0.2, 0) is 34.4 Å². The number of ether oxygens (including phenoxy) is 1. The van der Waals surface area contributed by atoms with Crippen LogP contribution in [0, 0.1) is 11.8 Å². The van der Waals surface area contributed by atoms with E-state index in [1.165, 1.54) is 21.1 Å². The number of carbonyl (C=O) groups is 2. The molecule has 0 bridgehead atoms. The number of rotatable bonds is 6. The minimum atomic E-state index is -4.64. The van der Waals surface area contributed by atoms with Crippen LogP contribution in [0.1, 0.15) is 48.5 Å². The first-order chi connectivity index (χ1) is 14.7. The second kappa shape index (κ2) is 15.1. The predicted octanol–water partition coefficient (Wildman–Crippen LogP) is 1.86. The summed E-state index contributed by atoms with van der Waals surface area (Å²) < 4.78 is 83.0. The van der Waals surface area contributed by atoms with Crippen molar-refractivity contribution in [3.63, 3.8) is 0 Å². The van der Waals surface area contributed by atoms with Gasteiger partial charge in [-0.3, -0.25) is 9.59 Å². The molecule has 0 unspecified atom stereocenters. The number of hydrogen-bond donors (Lipinski definition) is 1. The molecule has 0 amide bonds. The normalized spacial score (nSPS) is 17.5. The fourth-order valence-corrected chi connectivity index (χ4v) is 4.56. The summed E-state index contributed by atoms with van der Waals surface area (Å²) in [7, 11) is -5.98. The van der Waals surface area contributed by atoms with E-state index >= 15 is 0 Å². The SMILES string of the molecule is C.C.CC(C)(C)OC(=O)CCC1CN(S(C)(=O)=O)C1.CS(=O)(=O)N1CC(CN)C1.O=CC(F)(F)F. The summed E-state index contributed by atoms with van der Waals surface area (Å²) in [4.78, 5) is 20.1. The lowest BCUT2D eigenvalue weighted by molar-refractivity contribution is -0.156. The van der Waals surface area contributed by atoms with Gasteiger partial charge in [-0.15, -0.1) is 0 Å². The Morgan fingerprint density at radius 2 is 1.29 bits per heavy atom. The number of nitrogens with zero attached hydrogens (tertiary/aromatic N) is 2. The molecule has 0 spiro atoms. The Balaban J connectivity index is -0.000000485. The molecule has 10 nitrogen and oxygen atoms in total. The molecule has 0 atom stereocenters. The molecule has 2 N–H and O–H groups in total. The summed E-state index contributed by atoms with van der Waals surface area (Å²) in [6, 6.07) is 0. The summed E-state index contributed by atoms with van der Waals surface area (Å²) in [6.45, 7) is 8.36. The highest BCUT2D eigenvalue weighted by Gasteiger charge is 2.33. The summed E-state index contributed by atoms with van der Waals surface area (Å²) in [5, 5.41) is 0. The molecule has 2 saturated heterocycles. The Kier molecular flexibility index (Phi) is 16.5.